The quantitative estimate of drug-likeness (QED) is 0.656. The Kier molecular flexibility index (Phi) is 5.53. The fraction of sp³-hybridized carbons (Fsp3) is 0.400. The monoisotopic (exact) mass is 322 g/mol. The van der Waals surface area contributed by atoms with E-state index in [0.29, 0.717) is 0 Å². The number of piperidine rings is 1. The molecule has 8 nitrogen and oxygen atoms in total. The Morgan fingerprint density at radius 1 is 1.35 bits per heavy atom. The lowest BCUT2D eigenvalue weighted by molar-refractivity contribution is -0.151. The molecule has 0 aromatic heterocycles. The fourth-order valence-electron chi connectivity index (χ4n) is 2.21. The SMILES string of the molecule is COC(=O)[C@@H]1NC(=O)[C@H](NC(=O)OCc2ccccc2)C[C@@H]1O. The third-order valence-corrected chi connectivity index (χ3v) is 3.44. The lowest BCUT2D eigenvalue weighted by Crippen LogP contribution is -2.62. The van der Waals surface area contributed by atoms with Crippen LogP contribution in [-0.2, 0) is 25.7 Å². The number of alkyl carbamates (subject to hydrolysis) is 1. The number of benzene rings is 1. The molecular formula is C15H18N2O6. The van der Waals surface area contributed by atoms with Crippen molar-refractivity contribution >= 4 is 18.0 Å². The van der Waals surface area contributed by atoms with Gasteiger partial charge in [-0.25, -0.2) is 9.59 Å². The highest BCUT2D eigenvalue weighted by Crippen LogP contribution is 2.12. The predicted molar refractivity (Wildman–Crippen MR) is 78.1 cm³/mol. The Morgan fingerprint density at radius 3 is 2.70 bits per heavy atom. The van der Waals surface area contributed by atoms with E-state index in [4.69, 9.17) is 4.74 Å². The maximum atomic E-state index is 11.9. The molecular weight excluding hydrogens is 304 g/mol. The van der Waals surface area contributed by atoms with Crippen molar-refractivity contribution in [2.45, 2.75) is 31.2 Å². The lowest BCUT2D eigenvalue weighted by atomic mass is 9.97. The molecule has 1 fully saturated rings. The van der Waals surface area contributed by atoms with Crippen molar-refractivity contribution in [3.8, 4) is 0 Å². The number of rotatable bonds is 4. The van der Waals surface area contributed by atoms with Crippen molar-refractivity contribution in [2.24, 2.45) is 0 Å². The summed E-state index contributed by atoms with van der Waals surface area (Å²) in [4.78, 5) is 35.0. The zero-order valence-electron chi connectivity index (χ0n) is 12.5. The molecule has 1 saturated heterocycles. The Labute approximate surface area is 132 Å². The summed E-state index contributed by atoms with van der Waals surface area (Å²) in [6.45, 7) is 0.0638. The molecule has 23 heavy (non-hydrogen) atoms. The first kappa shape index (κ1) is 16.8. The van der Waals surface area contributed by atoms with E-state index in [-0.39, 0.29) is 13.0 Å². The van der Waals surface area contributed by atoms with Crippen LogP contribution in [0.1, 0.15) is 12.0 Å². The Balaban J connectivity index is 1.84. The van der Waals surface area contributed by atoms with Gasteiger partial charge in [0.25, 0.3) is 0 Å². The van der Waals surface area contributed by atoms with Gasteiger partial charge < -0.3 is 25.2 Å². The molecule has 8 heteroatoms. The second kappa shape index (κ2) is 7.59. The zero-order chi connectivity index (χ0) is 16.8. The van der Waals surface area contributed by atoms with Gasteiger partial charge >= 0.3 is 12.1 Å². The van der Waals surface area contributed by atoms with Crippen molar-refractivity contribution < 1.29 is 29.0 Å². The Hall–Kier alpha value is -2.61. The third kappa shape index (κ3) is 4.43. The predicted octanol–water partition coefficient (Wildman–Crippen LogP) is -0.296. The average molecular weight is 322 g/mol. The Bertz CT molecular complexity index is 577. The number of aliphatic hydroxyl groups is 1. The molecule has 0 bridgehead atoms. The summed E-state index contributed by atoms with van der Waals surface area (Å²) < 4.78 is 9.49. The van der Waals surface area contributed by atoms with Gasteiger partial charge in [-0.15, -0.1) is 0 Å². The van der Waals surface area contributed by atoms with E-state index in [1.54, 1.807) is 12.1 Å². The van der Waals surface area contributed by atoms with Gasteiger partial charge in [0.15, 0.2) is 6.04 Å². The van der Waals surface area contributed by atoms with E-state index in [1.807, 2.05) is 18.2 Å². The molecule has 2 rings (SSSR count). The van der Waals surface area contributed by atoms with Gasteiger partial charge in [0.1, 0.15) is 12.6 Å². The number of methoxy groups -OCH3 is 1. The first-order valence-electron chi connectivity index (χ1n) is 7.04. The molecule has 0 aliphatic carbocycles. The van der Waals surface area contributed by atoms with Gasteiger partial charge in [-0.05, 0) is 5.56 Å². The number of carbonyl (C=O) groups excluding carboxylic acids is 3. The van der Waals surface area contributed by atoms with Gasteiger partial charge in [0.2, 0.25) is 5.91 Å². The molecule has 0 spiro atoms. The summed E-state index contributed by atoms with van der Waals surface area (Å²) in [6, 6.07) is 6.95. The fourth-order valence-corrected chi connectivity index (χ4v) is 2.21. The van der Waals surface area contributed by atoms with Crippen molar-refractivity contribution in [3.63, 3.8) is 0 Å². The normalized spacial score (nSPS) is 23.6. The van der Waals surface area contributed by atoms with E-state index in [0.717, 1.165) is 12.7 Å². The highest BCUT2D eigenvalue weighted by atomic mass is 16.5. The molecule has 1 aromatic carbocycles. The van der Waals surface area contributed by atoms with Crippen LogP contribution >= 0.6 is 0 Å². The number of aliphatic hydroxyl groups excluding tert-OH is 1. The lowest BCUT2D eigenvalue weighted by Gasteiger charge is -2.31. The molecule has 0 unspecified atom stereocenters. The molecule has 0 radical (unpaired) electrons. The molecule has 1 aliphatic rings. The first-order valence-corrected chi connectivity index (χ1v) is 7.04. The second-order valence-electron chi connectivity index (χ2n) is 5.07. The summed E-state index contributed by atoms with van der Waals surface area (Å²) in [5, 5.41) is 14.5. The summed E-state index contributed by atoms with van der Waals surface area (Å²) in [6.07, 6.45) is -2.04. The van der Waals surface area contributed by atoms with Crippen LogP contribution in [0.3, 0.4) is 0 Å². The van der Waals surface area contributed by atoms with Crippen LogP contribution in [0.5, 0.6) is 0 Å². The minimum atomic E-state index is -1.15. The molecule has 0 saturated carbocycles. The minimum Gasteiger partial charge on any atom is -0.467 e. The van der Waals surface area contributed by atoms with Crippen molar-refractivity contribution in [3.05, 3.63) is 35.9 Å². The topological polar surface area (TPSA) is 114 Å². The summed E-state index contributed by atoms with van der Waals surface area (Å²) in [5.74, 6) is -1.32. The average Bonchev–Trinajstić information content (AvgIpc) is 2.56. The number of esters is 1. The molecule has 1 heterocycles. The maximum Gasteiger partial charge on any atom is 0.408 e. The van der Waals surface area contributed by atoms with Gasteiger partial charge in [-0.2, -0.15) is 0 Å². The van der Waals surface area contributed by atoms with Crippen molar-refractivity contribution in [2.75, 3.05) is 7.11 Å². The van der Waals surface area contributed by atoms with E-state index >= 15 is 0 Å². The number of carbonyl (C=O) groups is 3. The first-order chi connectivity index (χ1) is 11.0. The van der Waals surface area contributed by atoms with E-state index < -0.39 is 36.2 Å². The van der Waals surface area contributed by atoms with Crippen LogP contribution in [0.2, 0.25) is 0 Å². The van der Waals surface area contributed by atoms with Gasteiger partial charge in [-0.3, -0.25) is 4.79 Å². The standard InChI is InChI=1S/C15H18N2O6/c1-22-14(20)12-11(18)7-10(13(19)17-12)16-15(21)23-8-9-5-3-2-4-6-9/h2-6,10-12,18H,7-8H2,1H3,(H,16,21)(H,17,19)/t10-,11+,12-/m1/s1. The molecule has 3 N–H and O–H groups in total. The number of amides is 2. The molecule has 124 valence electrons. The van der Waals surface area contributed by atoms with Crippen LogP contribution in [0.25, 0.3) is 0 Å². The van der Waals surface area contributed by atoms with Crippen LogP contribution in [0.15, 0.2) is 30.3 Å². The second-order valence-corrected chi connectivity index (χ2v) is 5.07. The molecule has 2 amide bonds. The zero-order valence-corrected chi connectivity index (χ0v) is 12.5. The third-order valence-electron chi connectivity index (χ3n) is 3.44. The summed E-state index contributed by atoms with van der Waals surface area (Å²) in [7, 11) is 1.16. The largest absolute Gasteiger partial charge is 0.467 e. The highest BCUT2D eigenvalue weighted by molar-refractivity contribution is 5.91. The molecule has 1 aromatic rings. The van der Waals surface area contributed by atoms with Crippen LogP contribution in [0.4, 0.5) is 4.79 Å². The molecule has 3 atom stereocenters. The smallest absolute Gasteiger partial charge is 0.408 e. The van der Waals surface area contributed by atoms with Crippen LogP contribution in [-0.4, -0.2) is 48.4 Å². The van der Waals surface area contributed by atoms with Crippen LogP contribution in [0, 0.1) is 0 Å². The maximum absolute atomic E-state index is 11.9. The van der Waals surface area contributed by atoms with Crippen molar-refractivity contribution in [1.82, 2.24) is 10.6 Å². The number of hydrogen-bond acceptors (Lipinski definition) is 6. The summed E-state index contributed by atoms with van der Waals surface area (Å²) in [5.41, 5.74) is 0.807. The van der Waals surface area contributed by atoms with E-state index in [1.165, 1.54) is 0 Å². The highest BCUT2D eigenvalue weighted by Gasteiger charge is 2.40. The van der Waals surface area contributed by atoms with Gasteiger partial charge in [0.05, 0.1) is 13.2 Å². The van der Waals surface area contributed by atoms with Gasteiger partial charge in [0, 0.05) is 6.42 Å². The number of ether oxygens (including phenoxy) is 2. The summed E-state index contributed by atoms with van der Waals surface area (Å²) >= 11 is 0. The van der Waals surface area contributed by atoms with E-state index in [9.17, 15) is 19.5 Å². The van der Waals surface area contributed by atoms with E-state index in [2.05, 4.69) is 15.4 Å². The Morgan fingerprint density at radius 2 is 2.04 bits per heavy atom. The van der Waals surface area contributed by atoms with Gasteiger partial charge in [-0.1, -0.05) is 30.3 Å². The number of hydrogen-bond donors (Lipinski definition) is 3. The minimum absolute atomic E-state index is 0.0638. The van der Waals surface area contributed by atoms with Crippen molar-refractivity contribution in [1.29, 1.82) is 0 Å². The molecule has 1 aliphatic heterocycles. The van der Waals surface area contributed by atoms with Crippen LogP contribution < -0.4 is 10.6 Å². The number of nitrogens with one attached hydrogen (secondary N) is 2.